The van der Waals surface area contributed by atoms with Gasteiger partial charge in [0.15, 0.2) is 0 Å². The van der Waals surface area contributed by atoms with E-state index in [1.54, 1.807) is 12.7 Å². The molecule has 2 aliphatic heterocycles. The minimum Gasteiger partial charge on any atom is -0.356 e. The summed E-state index contributed by atoms with van der Waals surface area (Å²) in [6.07, 6.45) is 3.27. The summed E-state index contributed by atoms with van der Waals surface area (Å²) in [7, 11) is 0. The molecule has 2 atom stereocenters. The largest absolute Gasteiger partial charge is 0.356 e. The van der Waals surface area contributed by atoms with Gasteiger partial charge in [-0.25, -0.2) is 15.0 Å². The Hall–Kier alpha value is -2.77. The van der Waals surface area contributed by atoms with Crippen molar-refractivity contribution in [2.24, 2.45) is 11.8 Å². The summed E-state index contributed by atoms with van der Waals surface area (Å²) in [6.45, 7) is 12.5. The monoisotopic (exact) mass is 364 g/mol. The molecule has 0 amide bonds. The number of hydrogen-bond acceptors (Lipinski definition) is 7. The molecule has 8 nitrogen and oxygen atoms in total. The average Bonchev–Trinajstić information content (AvgIpc) is 3.33. The van der Waals surface area contributed by atoms with Crippen LogP contribution in [0.25, 0.3) is 5.78 Å². The number of hydrogen-bond donors (Lipinski definition) is 0. The highest BCUT2D eigenvalue weighted by Gasteiger charge is 2.42. The third-order valence-corrected chi connectivity index (χ3v) is 6.27. The van der Waals surface area contributed by atoms with E-state index in [0.717, 1.165) is 49.2 Å². The summed E-state index contributed by atoms with van der Waals surface area (Å²) in [4.78, 5) is 22.6. The van der Waals surface area contributed by atoms with Gasteiger partial charge < -0.3 is 9.80 Å². The molecule has 0 bridgehead atoms. The summed E-state index contributed by atoms with van der Waals surface area (Å²) < 4.78 is 1.89. The smallest absolute Gasteiger partial charge is 0.254 e. The van der Waals surface area contributed by atoms with Gasteiger partial charge in [0.1, 0.15) is 24.3 Å². The summed E-state index contributed by atoms with van der Waals surface area (Å²) in [5, 5.41) is 4.42. The molecule has 0 saturated carbocycles. The second kappa shape index (κ2) is 5.87. The summed E-state index contributed by atoms with van der Waals surface area (Å²) in [5.74, 6) is 4.18. The Morgan fingerprint density at radius 2 is 1.48 bits per heavy atom. The molecule has 2 aliphatic rings. The predicted octanol–water partition coefficient (Wildman–Crippen LogP) is 1.72. The first-order valence-corrected chi connectivity index (χ1v) is 9.48. The molecule has 2 fully saturated rings. The highest BCUT2D eigenvalue weighted by Crippen LogP contribution is 2.37. The van der Waals surface area contributed by atoms with Crippen LogP contribution in [-0.2, 0) is 0 Å². The zero-order valence-electron chi connectivity index (χ0n) is 16.2. The predicted molar refractivity (Wildman–Crippen MR) is 103 cm³/mol. The van der Waals surface area contributed by atoms with Crippen molar-refractivity contribution in [1.82, 2.24) is 29.5 Å². The van der Waals surface area contributed by atoms with Crippen LogP contribution in [0, 0.1) is 39.5 Å². The molecular formula is C19H24N8. The molecule has 0 radical (unpaired) electrons. The van der Waals surface area contributed by atoms with Gasteiger partial charge in [-0.2, -0.15) is 14.6 Å². The Kier molecular flexibility index (Phi) is 3.57. The van der Waals surface area contributed by atoms with Crippen molar-refractivity contribution < 1.29 is 0 Å². The van der Waals surface area contributed by atoms with E-state index in [2.05, 4.69) is 55.6 Å². The highest BCUT2D eigenvalue weighted by atomic mass is 15.4. The van der Waals surface area contributed by atoms with Gasteiger partial charge in [-0.05, 0) is 27.7 Å². The van der Waals surface area contributed by atoms with Crippen molar-refractivity contribution in [3.05, 3.63) is 35.2 Å². The van der Waals surface area contributed by atoms with Crippen LogP contribution in [-0.4, -0.2) is 55.7 Å². The summed E-state index contributed by atoms with van der Waals surface area (Å²) >= 11 is 0. The zero-order chi connectivity index (χ0) is 18.7. The van der Waals surface area contributed by atoms with Crippen LogP contribution in [0.1, 0.15) is 22.5 Å². The number of fused-ring (bicyclic) bond motifs is 2. The molecule has 0 aliphatic carbocycles. The Labute approximate surface area is 158 Å². The van der Waals surface area contributed by atoms with E-state index in [4.69, 9.17) is 0 Å². The molecule has 0 spiro atoms. The number of aromatic nitrogens is 6. The molecule has 140 valence electrons. The van der Waals surface area contributed by atoms with Crippen LogP contribution >= 0.6 is 0 Å². The number of aryl methyl sites for hydroxylation is 2. The van der Waals surface area contributed by atoms with Gasteiger partial charge in [0.25, 0.3) is 5.78 Å². The molecule has 5 heterocycles. The number of rotatable bonds is 2. The van der Waals surface area contributed by atoms with Gasteiger partial charge in [-0.3, -0.25) is 0 Å². The first kappa shape index (κ1) is 16.4. The molecule has 3 aromatic heterocycles. The maximum absolute atomic E-state index is 4.56. The lowest BCUT2D eigenvalue weighted by Gasteiger charge is -2.26. The number of anilines is 2. The minimum atomic E-state index is 0.631. The zero-order valence-corrected chi connectivity index (χ0v) is 16.2. The fourth-order valence-electron chi connectivity index (χ4n) is 4.57. The lowest BCUT2D eigenvalue weighted by molar-refractivity contribution is 0.533. The van der Waals surface area contributed by atoms with Gasteiger partial charge in [-0.15, -0.1) is 0 Å². The van der Waals surface area contributed by atoms with Crippen molar-refractivity contribution in [3.8, 4) is 0 Å². The molecular weight excluding hydrogens is 340 g/mol. The second-order valence-electron chi connectivity index (χ2n) is 7.86. The van der Waals surface area contributed by atoms with Crippen molar-refractivity contribution in [1.29, 1.82) is 0 Å². The van der Waals surface area contributed by atoms with E-state index < -0.39 is 0 Å². The van der Waals surface area contributed by atoms with Gasteiger partial charge >= 0.3 is 0 Å². The SMILES string of the molecule is Cc1ncnc(N2CC3CN(c4c(C)c(C)nc5ncnn45)CC3C2)c1C. The third-order valence-electron chi connectivity index (χ3n) is 6.27. The van der Waals surface area contributed by atoms with E-state index in [-0.39, 0.29) is 0 Å². The van der Waals surface area contributed by atoms with E-state index in [9.17, 15) is 0 Å². The maximum atomic E-state index is 4.56. The van der Waals surface area contributed by atoms with Gasteiger partial charge in [-0.1, -0.05) is 0 Å². The van der Waals surface area contributed by atoms with Gasteiger partial charge in [0.2, 0.25) is 0 Å². The topological polar surface area (TPSA) is 75.3 Å². The lowest BCUT2D eigenvalue weighted by Crippen LogP contribution is -2.31. The highest BCUT2D eigenvalue weighted by molar-refractivity contribution is 5.56. The van der Waals surface area contributed by atoms with Gasteiger partial charge in [0.05, 0.1) is 0 Å². The van der Waals surface area contributed by atoms with E-state index in [1.165, 1.54) is 11.1 Å². The van der Waals surface area contributed by atoms with E-state index in [0.29, 0.717) is 17.6 Å². The first-order valence-electron chi connectivity index (χ1n) is 9.48. The van der Waals surface area contributed by atoms with Crippen LogP contribution in [0.2, 0.25) is 0 Å². The van der Waals surface area contributed by atoms with Crippen LogP contribution in [0.15, 0.2) is 12.7 Å². The quantitative estimate of drug-likeness (QED) is 0.685. The van der Waals surface area contributed by atoms with Crippen LogP contribution in [0.4, 0.5) is 11.6 Å². The fraction of sp³-hybridized carbons (Fsp3) is 0.526. The summed E-state index contributed by atoms with van der Waals surface area (Å²) in [5.41, 5.74) is 4.47. The number of nitrogens with zero attached hydrogens (tertiary/aromatic N) is 8. The van der Waals surface area contributed by atoms with Crippen LogP contribution < -0.4 is 9.80 Å². The average molecular weight is 364 g/mol. The third kappa shape index (κ3) is 2.46. The fourth-order valence-corrected chi connectivity index (χ4v) is 4.57. The van der Waals surface area contributed by atoms with Crippen molar-refractivity contribution >= 4 is 17.4 Å². The minimum absolute atomic E-state index is 0.631. The molecule has 2 saturated heterocycles. The van der Waals surface area contributed by atoms with E-state index >= 15 is 0 Å². The molecule has 0 aromatic carbocycles. The van der Waals surface area contributed by atoms with Gasteiger partial charge in [0, 0.05) is 60.5 Å². The second-order valence-corrected chi connectivity index (χ2v) is 7.86. The normalized spacial score (nSPS) is 22.1. The maximum Gasteiger partial charge on any atom is 0.254 e. The Balaban J connectivity index is 1.41. The molecule has 5 rings (SSSR count). The molecule has 0 N–H and O–H groups in total. The standard InChI is InChI=1S/C19H24N8/c1-11-13(3)20-9-21-17(11)25-5-15-7-26(8-16(15)6-25)18-12(2)14(4)24-19-22-10-23-27(18)19/h9-10,15-16H,5-8H2,1-4H3. The molecule has 27 heavy (non-hydrogen) atoms. The van der Waals surface area contributed by atoms with Crippen LogP contribution in [0.3, 0.4) is 0 Å². The van der Waals surface area contributed by atoms with Crippen molar-refractivity contribution in [3.63, 3.8) is 0 Å². The Bertz CT molecular complexity index is 1010. The van der Waals surface area contributed by atoms with E-state index in [1.807, 2.05) is 11.4 Å². The first-order chi connectivity index (χ1) is 13.0. The summed E-state index contributed by atoms with van der Waals surface area (Å²) in [6, 6.07) is 0. The Morgan fingerprint density at radius 3 is 2.22 bits per heavy atom. The molecule has 2 unspecified atom stereocenters. The lowest BCUT2D eigenvalue weighted by atomic mass is 10.0. The molecule has 3 aromatic rings. The van der Waals surface area contributed by atoms with Crippen molar-refractivity contribution in [2.45, 2.75) is 27.7 Å². The molecule has 8 heteroatoms. The van der Waals surface area contributed by atoms with Crippen LogP contribution in [0.5, 0.6) is 0 Å². The Morgan fingerprint density at radius 1 is 0.778 bits per heavy atom. The van der Waals surface area contributed by atoms with Crippen molar-refractivity contribution in [2.75, 3.05) is 36.0 Å².